The second-order valence-electron chi connectivity index (χ2n) is 5.19. The van der Waals surface area contributed by atoms with Crippen LogP contribution >= 0.6 is 0 Å². The molecule has 0 atom stereocenters. The van der Waals surface area contributed by atoms with Gasteiger partial charge in [-0.2, -0.15) is 0 Å². The van der Waals surface area contributed by atoms with Crippen molar-refractivity contribution in [3.63, 3.8) is 0 Å². The molecule has 1 fully saturated rings. The molecule has 1 aliphatic rings. The molecule has 6 nitrogen and oxygen atoms in total. The minimum Gasteiger partial charge on any atom is -0.480 e. The van der Waals surface area contributed by atoms with Gasteiger partial charge in [-0.1, -0.05) is 13.8 Å². The highest BCUT2D eigenvalue weighted by Crippen LogP contribution is 2.24. The van der Waals surface area contributed by atoms with Gasteiger partial charge >= 0.3 is 12.0 Å². The lowest BCUT2D eigenvalue weighted by atomic mass is 9.93. The largest absolute Gasteiger partial charge is 0.480 e. The maximum absolute atomic E-state index is 11.7. The maximum Gasteiger partial charge on any atom is 0.329 e. The first-order valence-corrected chi connectivity index (χ1v) is 6.94. The molecule has 0 aromatic carbocycles. The van der Waals surface area contributed by atoms with Crippen LogP contribution in [0.4, 0.5) is 4.79 Å². The Bertz CT molecular complexity index is 325. The zero-order valence-corrected chi connectivity index (χ0v) is 12.0. The Labute approximate surface area is 114 Å². The van der Waals surface area contributed by atoms with Crippen LogP contribution in [-0.4, -0.2) is 53.7 Å². The number of carbonyl (C=O) groups is 2. The number of carboxylic acid groups (broad SMARTS) is 1. The molecule has 6 heteroatoms. The number of nitrogens with one attached hydrogen (secondary N) is 2. The van der Waals surface area contributed by atoms with Gasteiger partial charge in [0.25, 0.3) is 0 Å². The van der Waals surface area contributed by atoms with Crippen molar-refractivity contribution in [3.05, 3.63) is 0 Å². The Morgan fingerprint density at radius 2 is 1.89 bits per heavy atom. The first-order chi connectivity index (χ1) is 8.95. The van der Waals surface area contributed by atoms with E-state index in [-0.39, 0.29) is 0 Å². The molecule has 0 aliphatic heterocycles. The topological polar surface area (TPSA) is 81.7 Å². The monoisotopic (exact) mass is 271 g/mol. The number of hydrogen-bond acceptors (Lipinski definition) is 3. The Morgan fingerprint density at radius 1 is 1.32 bits per heavy atom. The summed E-state index contributed by atoms with van der Waals surface area (Å²) in [4.78, 5) is 25.2. The first kappa shape index (κ1) is 15.8. The minimum atomic E-state index is -1.16. The summed E-state index contributed by atoms with van der Waals surface area (Å²) in [6.07, 6.45) is 3.20. The van der Waals surface area contributed by atoms with Crippen molar-refractivity contribution < 1.29 is 14.7 Å². The molecule has 0 radical (unpaired) electrons. The molecular formula is C13H25N3O3. The number of carboxylic acids is 1. The van der Waals surface area contributed by atoms with Crippen LogP contribution in [0.2, 0.25) is 0 Å². The van der Waals surface area contributed by atoms with E-state index < -0.39 is 17.5 Å². The fourth-order valence-electron chi connectivity index (χ4n) is 2.09. The SMILES string of the molecule is CCC(CC)(NC(=O)NCCN(C)C1CC1)C(=O)O. The van der Waals surface area contributed by atoms with Gasteiger partial charge in [0.05, 0.1) is 0 Å². The molecule has 0 bridgehead atoms. The van der Waals surface area contributed by atoms with Gasteiger partial charge in [0.2, 0.25) is 0 Å². The van der Waals surface area contributed by atoms with Crippen LogP contribution < -0.4 is 10.6 Å². The van der Waals surface area contributed by atoms with Gasteiger partial charge in [-0.3, -0.25) is 0 Å². The highest BCUT2D eigenvalue weighted by molar-refractivity contribution is 5.86. The lowest BCUT2D eigenvalue weighted by molar-refractivity contribution is -0.144. The Kier molecular flexibility index (Phi) is 5.60. The van der Waals surface area contributed by atoms with Crippen LogP contribution in [0, 0.1) is 0 Å². The summed E-state index contributed by atoms with van der Waals surface area (Å²) in [5.74, 6) is -0.984. The van der Waals surface area contributed by atoms with Gasteiger partial charge in [-0.15, -0.1) is 0 Å². The van der Waals surface area contributed by atoms with Gasteiger partial charge in [0, 0.05) is 19.1 Å². The van der Waals surface area contributed by atoms with Gasteiger partial charge in [-0.25, -0.2) is 9.59 Å². The summed E-state index contributed by atoms with van der Waals surface area (Å²) >= 11 is 0. The summed E-state index contributed by atoms with van der Waals surface area (Å²) in [7, 11) is 2.04. The third-order valence-corrected chi connectivity index (χ3v) is 3.89. The molecule has 110 valence electrons. The fraction of sp³-hybridized carbons (Fsp3) is 0.846. The van der Waals surface area contributed by atoms with E-state index in [1.807, 2.05) is 7.05 Å². The van der Waals surface area contributed by atoms with E-state index in [0.29, 0.717) is 25.4 Å². The molecule has 19 heavy (non-hydrogen) atoms. The van der Waals surface area contributed by atoms with Gasteiger partial charge in [-0.05, 0) is 32.7 Å². The van der Waals surface area contributed by atoms with Crippen molar-refractivity contribution in [1.29, 1.82) is 0 Å². The molecule has 2 amide bonds. The van der Waals surface area contributed by atoms with Crippen LogP contribution in [0.25, 0.3) is 0 Å². The van der Waals surface area contributed by atoms with Crippen molar-refractivity contribution in [2.24, 2.45) is 0 Å². The third-order valence-electron chi connectivity index (χ3n) is 3.89. The summed E-state index contributed by atoms with van der Waals surface area (Å²) in [6, 6.07) is 0.254. The van der Waals surface area contributed by atoms with Crippen LogP contribution in [-0.2, 0) is 4.79 Å². The molecular weight excluding hydrogens is 246 g/mol. The number of nitrogens with zero attached hydrogens (tertiary/aromatic N) is 1. The lowest BCUT2D eigenvalue weighted by Gasteiger charge is -2.28. The highest BCUT2D eigenvalue weighted by Gasteiger charge is 2.36. The zero-order valence-electron chi connectivity index (χ0n) is 12.0. The van der Waals surface area contributed by atoms with Crippen LogP contribution in [0.1, 0.15) is 39.5 Å². The maximum atomic E-state index is 11.7. The average Bonchev–Trinajstić information content (AvgIpc) is 3.19. The molecule has 0 saturated heterocycles. The standard InChI is InChI=1S/C13H25N3O3/c1-4-13(5-2,11(17)18)15-12(19)14-8-9-16(3)10-6-7-10/h10H,4-9H2,1-3H3,(H,17,18)(H2,14,15,19). The van der Waals surface area contributed by atoms with E-state index in [9.17, 15) is 14.7 Å². The molecule has 3 N–H and O–H groups in total. The van der Waals surface area contributed by atoms with E-state index in [1.54, 1.807) is 13.8 Å². The molecule has 0 spiro atoms. The molecule has 1 aliphatic carbocycles. The zero-order chi connectivity index (χ0) is 14.5. The molecule has 0 unspecified atom stereocenters. The summed E-state index contributed by atoms with van der Waals surface area (Å²) in [5.41, 5.74) is -1.16. The van der Waals surface area contributed by atoms with Crippen LogP contribution in [0.15, 0.2) is 0 Å². The minimum absolute atomic E-state index is 0.369. The van der Waals surface area contributed by atoms with Crippen molar-refractivity contribution >= 4 is 12.0 Å². The molecule has 0 aromatic rings. The highest BCUT2D eigenvalue weighted by atomic mass is 16.4. The van der Waals surface area contributed by atoms with Crippen molar-refractivity contribution in [2.75, 3.05) is 20.1 Å². The number of aliphatic carboxylic acids is 1. The second-order valence-corrected chi connectivity index (χ2v) is 5.19. The average molecular weight is 271 g/mol. The Hall–Kier alpha value is -1.30. The van der Waals surface area contributed by atoms with Gasteiger partial charge in [0.15, 0.2) is 0 Å². The van der Waals surface area contributed by atoms with Gasteiger partial charge in [0.1, 0.15) is 5.54 Å². The predicted molar refractivity (Wildman–Crippen MR) is 73.1 cm³/mol. The number of carbonyl (C=O) groups excluding carboxylic acids is 1. The van der Waals surface area contributed by atoms with E-state index in [2.05, 4.69) is 15.5 Å². The third kappa shape index (κ3) is 4.38. The Morgan fingerprint density at radius 3 is 2.32 bits per heavy atom. The predicted octanol–water partition coefficient (Wildman–Crippen LogP) is 1.02. The first-order valence-electron chi connectivity index (χ1n) is 6.94. The normalized spacial score (nSPS) is 15.4. The van der Waals surface area contributed by atoms with Crippen LogP contribution in [0.5, 0.6) is 0 Å². The summed E-state index contributed by atoms with van der Waals surface area (Å²) in [5, 5.41) is 14.5. The van der Waals surface area contributed by atoms with E-state index in [0.717, 1.165) is 6.54 Å². The quantitative estimate of drug-likeness (QED) is 0.615. The number of likely N-dealkylation sites (N-methyl/N-ethyl adjacent to an activating group) is 1. The van der Waals surface area contributed by atoms with Gasteiger partial charge < -0.3 is 20.6 Å². The molecule has 0 aromatic heterocycles. The molecule has 1 rings (SSSR count). The number of amides is 2. The van der Waals surface area contributed by atoms with E-state index >= 15 is 0 Å². The number of rotatable bonds is 8. The lowest BCUT2D eigenvalue weighted by Crippen LogP contribution is -2.57. The summed E-state index contributed by atoms with van der Waals surface area (Å²) < 4.78 is 0. The number of urea groups is 1. The van der Waals surface area contributed by atoms with E-state index in [1.165, 1.54) is 12.8 Å². The Balaban J connectivity index is 2.33. The smallest absolute Gasteiger partial charge is 0.329 e. The van der Waals surface area contributed by atoms with Crippen LogP contribution in [0.3, 0.4) is 0 Å². The van der Waals surface area contributed by atoms with Crippen molar-refractivity contribution in [3.8, 4) is 0 Å². The fourth-order valence-corrected chi connectivity index (χ4v) is 2.09. The van der Waals surface area contributed by atoms with Crippen molar-refractivity contribution in [2.45, 2.75) is 51.1 Å². The summed E-state index contributed by atoms with van der Waals surface area (Å²) in [6.45, 7) is 4.84. The van der Waals surface area contributed by atoms with E-state index in [4.69, 9.17) is 0 Å². The second kappa shape index (κ2) is 6.75. The van der Waals surface area contributed by atoms with Crippen molar-refractivity contribution in [1.82, 2.24) is 15.5 Å². The molecule has 1 saturated carbocycles. The molecule has 0 heterocycles. The number of hydrogen-bond donors (Lipinski definition) is 3.